The molecule has 1 amide bonds. The summed E-state index contributed by atoms with van der Waals surface area (Å²) in [5.74, 6) is 1.03. The van der Waals surface area contributed by atoms with E-state index in [1.165, 1.54) is 0 Å². The molecule has 1 unspecified atom stereocenters. The first-order valence-electron chi connectivity index (χ1n) is 8.66. The average molecular weight is 317 g/mol. The van der Waals surface area contributed by atoms with Crippen molar-refractivity contribution in [3.05, 3.63) is 18.0 Å². The molecule has 126 valence electrons. The first kappa shape index (κ1) is 16.2. The number of rotatable bonds is 5. The van der Waals surface area contributed by atoms with Gasteiger partial charge in [-0.1, -0.05) is 6.92 Å². The van der Waals surface area contributed by atoms with Gasteiger partial charge >= 0.3 is 0 Å². The number of likely N-dealkylation sites (tertiary alicyclic amines) is 2. The summed E-state index contributed by atoms with van der Waals surface area (Å²) in [6, 6.07) is 0. The van der Waals surface area contributed by atoms with E-state index < -0.39 is 0 Å². The van der Waals surface area contributed by atoms with E-state index in [1.54, 1.807) is 0 Å². The summed E-state index contributed by atoms with van der Waals surface area (Å²) in [5.41, 5.74) is 0.969. The molecule has 0 bridgehead atoms. The van der Waals surface area contributed by atoms with Gasteiger partial charge in [0.05, 0.1) is 5.41 Å². The third-order valence-electron chi connectivity index (χ3n) is 5.03. The predicted octanol–water partition coefficient (Wildman–Crippen LogP) is 1.74. The minimum atomic E-state index is -0.142. The van der Waals surface area contributed by atoms with Gasteiger partial charge in [-0.25, -0.2) is 9.97 Å². The highest BCUT2D eigenvalue weighted by Crippen LogP contribution is 2.39. The fourth-order valence-corrected chi connectivity index (χ4v) is 3.76. The Balaban J connectivity index is 1.58. The third-order valence-corrected chi connectivity index (χ3v) is 5.03. The van der Waals surface area contributed by atoms with Gasteiger partial charge in [0.1, 0.15) is 0 Å². The molecule has 6 nitrogen and oxygen atoms in total. The summed E-state index contributed by atoms with van der Waals surface area (Å²) in [7, 11) is 1.93. The van der Waals surface area contributed by atoms with Crippen molar-refractivity contribution in [3.63, 3.8) is 0 Å². The Morgan fingerprint density at radius 1 is 1.26 bits per heavy atom. The van der Waals surface area contributed by atoms with Gasteiger partial charge in [-0.3, -0.25) is 9.69 Å². The van der Waals surface area contributed by atoms with Crippen LogP contribution in [-0.4, -0.2) is 58.9 Å². The number of hydrogen-bond acceptors (Lipinski definition) is 5. The lowest BCUT2D eigenvalue weighted by atomic mass is 9.78. The Hall–Kier alpha value is -1.69. The van der Waals surface area contributed by atoms with Crippen molar-refractivity contribution in [2.24, 2.45) is 5.41 Å². The van der Waals surface area contributed by atoms with Crippen LogP contribution in [0.15, 0.2) is 12.4 Å². The van der Waals surface area contributed by atoms with E-state index in [2.05, 4.69) is 27.1 Å². The molecular weight excluding hydrogens is 290 g/mol. The van der Waals surface area contributed by atoms with Gasteiger partial charge in [0.2, 0.25) is 11.9 Å². The highest BCUT2D eigenvalue weighted by Gasteiger charge is 2.47. The molecule has 2 aliphatic heterocycles. The van der Waals surface area contributed by atoms with Crippen molar-refractivity contribution < 1.29 is 4.79 Å². The van der Waals surface area contributed by atoms with E-state index in [9.17, 15) is 4.79 Å². The van der Waals surface area contributed by atoms with Gasteiger partial charge in [0, 0.05) is 51.2 Å². The monoisotopic (exact) mass is 317 g/mol. The summed E-state index contributed by atoms with van der Waals surface area (Å²) < 4.78 is 0. The second kappa shape index (κ2) is 6.83. The zero-order chi connectivity index (χ0) is 16.3. The van der Waals surface area contributed by atoms with Crippen LogP contribution in [0.25, 0.3) is 0 Å². The SMILES string of the molecule is CCCNc1ncc(CN2CCC3(CCCN(C)C3=O)C2)cn1. The maximum atomic E-state index is 12.6. The minimum absolute atomic E-state index is 0.142. The molecule has 0 aliphatic carbocycles. The van der Waals surface area contributed by atoms with E-state index in [0.29, 0.717) is 11.9 Å². The van der Waals surface area contributed by atoms with Crippen LogP contribution in [0.1, 0.15) is 38.2 Å². The van der Waals surface area contributed by atoms with Crippen LogP contribution < -0.4 is 5.32 Å². The van der Waals surface area contributed by atoms with Gasteiger partial charge in [-0.05, 0) is 32.2 Å². The number of nitrogens with zero attached hydrogens (tertiary/aromatic N) is 4. The van der Waals surface area contributed by atoms with E-state index in [1.807, 2.05) is 24.3 Å². The quantitative estimate of drug-likeness (QED) is 0.896. The number of hydrogen-bond donors (Lipinski definition) is 1. The fraction of sp³-hybridized carbons (Fsp3) is 0.706. The van der Waals surface area contributed by atoms with Crippen molar-refractivity contribution in [1.29, 1.82) is 0 Å². The Labute approximate surface area is 138 Å². The number of piperidine rings is 1. The zero-order valence-electron chi connectivity index (χ0n) is 14.2. The van der Waals surface area contributed by atoms with Crippen LogP contribution in [0.2, 0.25) is 0 Å². The molecule has 2 aliphatic rings. The van der Waals surface area contributed by atoms with Gasteiger partial charge in [-0.15, -0.1) is 0 Å². The predicted molar refractivity (Wildman–Crippen MR) is 90.0 cm³/mol. The molecule has 2 saturated heterocycles. The lowest BCUT2D eigenvalue weighted by molar-refractivity contribution is -0.143. The fourth-order valence-electron chi connectivity index (χ4n) is 3.76. The molecule has 0 aromatic carbocycles. The van der Waals surface area contributed by atoms with E-state index in [0.717, 1.165) is 64.0 Å². The Bertz CT molecular complexity index is 546. The maximum Gasteiger partial charge on any atom is 0.229 e. The zero-order valence-corrected chi connectivity index (χ0v) is 14.2. The Kier molecular flexibility index (Phi) is 4.80. The number of carbonyl (C=O) groups excluding carboxylic acids is 1. The molecular formula is C17H27N5O. The Morgan fingerprint density at radius 2 is 2.04 bits per heavy atom. The summed E-state index contributed by atoms with van der Waals surface area (Å²) >= 11 is 0. The third kappa shape index (κ3) is 3.47. The van der Waals surface area contributed by atoms with Gasteiger partial charge in [-0.2, -0.15) is 0 Å². The molecule has 3 heterocycles. The number of aromatic nitrogens is 2. The average Bonchev–Trinajstić information content (AvgIpc) is 2.96. The lowest BCUT2D eigenvalue weighted by Gasteiger charge is -2.37. The molecule has 1 spiro atoms. The molecule has 23 heavy (non-hydrogen) atoms. The van der Waals surface area contributed by atoms with Gasteiger partial charge in [0.25, 0.3) is 0 Å². The first-order chi connectivity index (χ1) is 11.1. The molecule has 1 N–H and O–H groups in total. The van der Waals surface area contributed by atoms with Gasteiger partial charge in [0.15, 0.2) is 0 Å². The van der Waals surface area contributed by atoms with Crippen LogP contribution >= 0.6 is 0 Å². The summed E-state index contributed by atoms with van der Waals surface area (Å²) in [4.78, 5) is 25.6. The van der Waals surface area contributed by atoms with Crippen molar-refractivity contribution in [3.8, 4) is 0 Å². The van der Waals surface area contributed by atoms with Crippen molar-refractivity contribution in [2.75, 3.05) is 38.5 Å². The maximum absolute atomic E-state index is 12.6. The molecule has 1 atom stereocenters. The summed E-state index contributed by atoms with van der Waals surface area (Å²) in [5, 5.41) is 3.19. The number of nitrogens with one attached hydrogen (secondary N) is 1. The van der Waals surface area contributed by atoms with Gasteiger partial charge < -0.3 is 10.2 Å². The topological polar surface area (TPSA) is 61.4 Å². The smallest absolute Gasteiger partial charge is 0.229 e. The highest BCUT2D eigenvalue weighted by molar-refractivity contribution is 5.83. The van der Waals surface area contributed by atoms with Crippen molar-refractivity contribution in [1.82, 2.24) is 19.8 Å². The van der Waals surface area contributed by atoms with Crippen LogP contribution in [0, 0.1) is 5.41 Å². The second-order valence-corrected chi connectivity index (χ2v) is 6.91. The van der Waals surface area contributed by atoms with E-state index in [-0.39, 0.29) is 5.41 Å². The lowest BCUT2D eigenvalue weighted by Crippen LogP contribution is -2.48. The molecule has 1 aromatic rings. The molecule has 6 heteroatoms. The summed E-state index contributed by atoms with van der Waals surface area (Å²) in [6.45, 7) is 6.59. The highest BCUT2D eigenvalue weighted by atomic mass is 16.2. The standard InChI is InChI=1S/C17H27N5O/c1-3-7-18-16-19-10-14(11-20-16)12-22-9-6-17(13-22)5-4-8-21(2)15(17)23/h10-11H,3-9,12-13H2,1-2H3,(H,18,19,20). The van der Waals surface area contributed by atoms with Crippen LogP contribution in [0.4, 0.5) is 5.95 Å². The number of anilines is 1. The van der Waals surface area contributed by atoms with E-state index >= 15 is 0 Å². The molecule has 0 saturated carbocycles. The summed E-state index contributed by atoms with van der Waals surface area (Å²) in [6.07, 6.45) is 7.98. The number of amides is 1. The second-order valence-electron chi connectivity index (χ2n) is 6.91. The van der Waals surface area contributed by atoms with Crippen molar-refractivity contribution in [2.45, 2.75) is 39.2 Å². The number of carbonyl (C=O) groups is 1. The largest absolute Gasteiger partial charge is 0.354 e. The first-order valence-corrected chi connectivity index (χ1v) is 8.66. The van der Waals surface area contributed by atoms with E-state index in [4.69, 9.17) is 0 Å². The van der Waals surface area contributed by atoms with Crippen LogP contribution in [0.5, 0.6) is 0 Å². The van der Waals surface area contributed by atoms with Crippen LogP contribution in [-0.2, 0) is 11.3 Å². The Morgan fingerprint density at radius 3 is 2.78 bits per heavy atom. The van der Waals surface area contributed by atoms with Crippen molar-refractivity contribution >= 4 is 11.9 Å². The normalized spacial score (nSPS) is 25.3. The van der Waals surface area contributed by atoms with Crippen LogP contribution in [0.3, 0.4) is 0 Å². The molecule has 3 rings (SSSR count). The minimum Gasteiger partial charge on any atom is -0.354 e. The molecule has 1 aromatic heterocycles. The molecule has 2 fully saturated rings. The molecule has 0 radical (unpaired) electrons.